The van der Waals surface area contributed by atoms with Gasteiger partial charge in [-0.25, -0.2) is 0 Å². The largest absolute Gasteiger partial charge is 0.486 e. The SMILES string of the molecule is [N-]=[N+]=NC(=O)C=Cc1cccc2c1OCCO2. The lowest BCUT2D eigenvalue weighted by Gasteiger charge is -2.19. The molecule has 0 N–H and O–H groups in total. The van der Waals surface area contributed by atoms with Crippen LogP contribution in [0.5, 0.6) is 11.5 Å². The van der Waals surface area contributed by atoms with Gasteiger partial charge in [-0.15, -0.1) is 0 Å². The number of fused-ring (bicyclic) bond motifs is 1. The summed E-state index contributed by atoms with van der Waals surface area (Å²) >= 11 is 0. The fourth-order valence-corrected chi connectivity index (χ4v) is 1.47. The highest BCUT2D eigenvalue weighted by molar-refractivity contribution is 5.92. The highest BCUT2D eigenvalue weighted by atomic mass is 16.6. The standard InChI is InChI=1S/C11H9N3O3/c12-14-13-10(15)5-4-8-2-1-3-9-11(8)17-7-6-16-9/h1-5H,6-7H2. The number of amides is 1. The van der Waals surface area contributed by atoms with Crippen molar-refractivity contribution in [2.45, 2.75) is 0 Å². The van der Waals surface area contributed by atoms with Crippen LogP contribution in [-0.2, 0) is 4.79 Å². The number of benzene rings is 1. The molecule has 86 valence electrons. The predicted molar refractivity (Wildman–Crippen MR) is 60.6 cm³/mol. The van der Waals surface area contributed by atoms with Gasteiger partial charge in [0.25, 0.3) is 0 Å². The first-order valence-corrected chi connectivity index (χ1v) is 4.97. The van der Waals surface area contributed by atoms with Crippen molar-refractivity contribution in [3.63, 3.8) is 0 Å². The predicted octanol–water partition coefficient (Wildman–Crippen LogP) is 2.31. The van der Waals surface area contributed by atoms with Gasteiger partial charge in [0, 0.05) is 10.5 Å². The van der Waals surface area contributed by atoms with Gasteiger partial charge in [-0.05, 0) is 28.9 Å². The Morgan fingerprint density at radius 1 is 1.41 bits per heavy atom. The van der Waals surface area contributed by atoms with Gasteiger partial charge in [0.05, 0.1) is 0 Å². The van der Waals surface area contributed by atoms with Crippen molar-refractivity contribution in [2.24, 2.45) is 5.11 Å². The second kappa shape index (κ2) is 5.05. The van der Waals surface area contributed by atoms with E-state index in [0.717, 1.165) is 0 Å². The van der Waals surface area contributed by atoms with Gasteiger partial charge in [0.15, 0.2) is 11.5 Å². The Bertz CT molecular complexity index is 519. The van der Waals surface area contributed by atoms with Crippen molar-refractivity contribution < 1.29 is 14.3 Å². The zero-order valence-electron chi connectivity index (χ0n) is 8.87. The maximum absolute atomic E-state index is 11.0. The summed E-state index contributed by atoms with van der Waals surface area (Å²) in [7, 11) is 0. The minimum Gasteiger partial charge on any atom is -0.486 e. The fourth-order valence-electron chi connectivity index (χ4n) is 1.47. The first-order chi connectivity index (χ1) is 8.31. The quantitative estimate of drug-likeness (QED) is 0.339. The molecule has 1 aliphatic heterocycles. The van der Waals surface area contributed by atoms with E-state index in [1.54, 1.807) is 18.2 Å². The van der Waals surface area contributed by atoms with Gasteiger partial charge in [0.2, 0.25) is 5.91 Å². The number of ether oxygens (including phenoxy) is 2. The second-order valence-corrected chi connectivity index (χ2v) is 3.23. The third kappa shape index (κ3) is 2.56. The van der Waals surface area contributed by atoms with Crippen molar-refractivity contribution >= 4 is 12.0 Å². The minimum absolute atomic E-state index is 0.474. The molecule has 1 heterocycles. The molecule has 0 radical (unpaired) electrons. The molecule has 0 unspecified atom stereocenters. The number of nitrogens with zero attached hydrogens (tertiary/aromatic N) is 3. The van der Waals surface area contributed by atoms with E-state index in [-0.39, 0.29) is 0 Å². The monoisotopic (exact) mass is 231 g/mol. The zero-order valence-corrected chi connectivity index (χ0v) is 8.87. The number of carbonyl (C=O) groups excluding carboxylic acids is 1. The Morgan fingerprint density at radius 3 is 3.06 bits per heavy atom. The Hall–Kier alpha value is -2.46. The number of hydrogen-bond acceptors (Lipinski definition) is 3. The molecule has 6 heteroatoms. The lowest BCUT2D eigenvalue weighted by molar-refractivity contribution is -0.113. The smallest absolute Gasteiger partial charge is 0.242 e. The molecular weight excluding hydrogens is 222 g/mol. The Balaban J connectivity index is 2.27. The van der Waals surface area contributed by atoms with Crippen LogP contribution in [0.25, 0.3) is 16.5 Å². The minimum atomic E-state index is -0.651. The molecule has 1 amide bonds. The van der Waals surface area contributed by atoms with E-state index in [1.165, 1.54) is 12.2 Å². The average molecular weight is 231 g/mol. The van der Waals surface area contributed by atoms with Crippen LogP contribution in [0.1, 0.15) is 5.56 Å². The van der Waals surface area contributed by atoms with E-state index < -0.39 is 5.91 Å². The van der Waals surface area contributed by atoms with Crippen molar-refractivity contribution in [1.29, 1.82) is 0 Å². The lowest BCUT2D eigenvalue weighted by Crippen LogP contribution is -2.15. The summed E-state index contributed by atoms with van der Waals surface area (Å²) in [6.45, 7) is 0.986. The van der Waals surface area contributed by atoms with Gasteiger partial charge in [-0.1, -0.05) is 12.1 Å². The highest BCUT2D eigenvalue weighted by Crippen LogP contribution is 2.34. The van der Waals surface area contributed by atoms with E-state index in [0.29, 0.717) is 30.3 Å². The molecule has 0 atom stereocenters. The molecule has 6 nitrogen and oxygen atoms in total. The molecule has 17 heavy (non-hydrogen) atoms. The maximum atomic E-state index is 11.0. The number of rotatable bonds is 2. The molecule has 2 rings (SSSR count). The summed E-state index contributed by atoms with van der Waals surface area (Å²) in [5.41, 5.74) is 8.80. The molecule has 0 bridgehead atoms. The van der Waals surface area contributed by atoms with Crippen LogP contribution in [0, 0.1) is 0 Å². The van der Waals surface area contributed by atoms with Crippen LogP contribution in [-0.4, -0.2) is 19.1 Å². The Labute approximate surface area is 97.1 Å². The van der Waals surface area contributed by atoms with Crippen LogP contribution in [0.4, 0.5) is 0 Å². The summed E-state index contributed by atoms with van der Waals surface area (Å²) in [6, 6.07) is 5.37. The first-order valence-electron chi connectivity index (χ1n) is 4.97. The van der Waals surface area contributed by atoms with Gasteiger partial charge in [-0.3, -0.25) is 4.79 Å². The van der Waals surface area contributed by atoms with Crippen LogP contribution in [0.2, 0.25) is 0 Å². The number of carbonyl (C=O) groups is 1. The zero-order chi connectivity index (χ0) is 12.1. The Morgan fingerprint density at radius 2 is 2.24 bits per heavy atom. The molecule has 1 aliphatic rings. The van der Waals surface area contributed by atoms with Gasteiger partial charge in [0.1, 0.15) is 13.2 Å². The summed E-state index contributed by atoms with van der Waals surface area (Å²) in [5, 5.41) is 2.93. The van der Waals surface area contributed by atoms with E-state index in [9.17, 15) is 4.79 Å². The molecule has 0 saturated carbocycles. The van der Waals surface area contributed by atoms with Crippen LogP contribution in [0.15, 0.2) is 29.4 Å². The highest BCUT2D eigenvalue weighted by Gasteiger charge is 2.13. The van der Waals surface area contributed by atoms with Crippen molar-refractivity contribution in [3.8, 4) is 11.5 Å². The van der Waals surface area contributed by atoms with Crippen LogP contribution in [0.3, 0.4) is 0 Å². The van der Waals surface area contributed by atoms with Crippen molar-refractivity contribution in [2.75, 3.05) is 13.2 Å². The summed E-state index contributed by atoms with van der Waals surface area (Å²) in [6.07, 6.45) is 2.72. The maximum Gasteiger partial charge on any atom is 0.242 e. The molecule has 0 saturated heterocycles. The normalized spacial score (nSPS) is 13.2. The summed E-state index contributed by atoms with van der Waals surface area (Å²) in [5.74, 6) is 0.597. The third-order valence-corrected chi connectivity index (χ3v) is 2.15. The summed E-state index contributed by atoms with van der Waals surface area (Å²) < 4.78 is 10.8. The topological polar surface area (TPSA) is 84.3 Å². The van der Waals surface area contributed by atoms with Gasteiger partial charge < -0.3 is 9.47 Å². The molecule has 1 aromatic carbocycles. The molecule has 0 aliphatic carbocycles. The number of hydrogen-bond donors (Lipinski definition) is 0. The van der Waals surface area contributed by atoms with Gasteiger partial charge >= 0.3 is 0 Å². The van der Waals surface area contributed by atoms with Crippen molar-refractivity contribution in [3.05, 3.63) is 40.3 Å². The fraction of sp³-hybridized carbons (Fsp3) is 0.182. The number of azide groups is 1. The second-order valence-electron chi connectivity index (χ2n) is 3.23. The molecular formula is C11H9N3O3. The van der Waals surface area contributed by atoms with Crippen molar-refractivity contribution in [1.82, 2.24) is 0 Å². The Kier molecular flexibility index (Phi) is 3.28. The van der Waals surface area contributed by atoms with Crippen LogP contribution >= 0.6 is 0 Å². The molecule has 0 spiro atoms. The third-order valence-electron chi connectivity index (χ3n) is 2.15. The van der Waals surface area contributed by atoms with E-state index in [4.69, 9.17) is 15.0 Å². The molecule has 0 aromatic heterocycles. The van der Waals surface area contributed by atoms with Gasteiger partial charge in [-0.2, -0.15) is 0 Å². The average Bonchev–Trinajstić information content (AvgIpc) is 2.36. The molecule has 1 aromatic rings. The van der Waals surface area contributed by atoms with Crippen LogP contribution < -0.4 is 9.47 Å². The number of para-hydroxylation sites is 1. The molecule has 0 fully saturated rings. The van der Waals surface area contributed by atoms with E-state index >= 15 is 0 Å². The van der Waals surface area contributed by atoms with E-state index in [2.05, 4.69) is 10.0 Å². The summed E-state index contributed by atoms with van der Waals surface area (Å²) in [4.78, 5) is 13.4. The first kappa shape index (κ1) is 11.0. The lowest BCUT2D eigenvalue weighted by atomic mass is 10.1. The van der Waals surface area contributed by atoms with E-state index in [1.807, 2.05) is 0 Å².